The molecule has 0 atom stereocenters. The van der Waals surface area contributed by atoms with Gasteiger partial charge in [-0.05, 0) is 12.1 Å². The zero-order valence-electron chi connectivity index (χ0n) is 7.07. The monoisotopic (exact) mass is 253 g/mol. The van der Waals surface area contributed by atoms with Crippen molar-refractivity contribution in [1.82, 2.24) is 4.72 Å². The number of aldehydes is 1. The molecule has 1 rings (SSSR count). The lowest BCUT2D eigenvalue weighted by Crippen LogP contribution is -2.24. The van der Waals surface area contributed by atoms with E-state index >= 15 is 0 Å². The van der Waals surface area contributed by atoms with E-state index in [0.717, 1.165) is 11.3 Å². The van der Waals surface area contributed by atoms with Crippen LogP contribution in [0.25, 0.3) is 0 Å². The third-order valence-corrected chi connectivity index (χ3v) is 4.55. The molecule has 1 aromatic rings. The fourth-order valence-electron chi connectivity index (χ4n) is 0.765. The van der Waals surface area contributed by atoms with Gasteiger partial charge in [0.05, 0.1) is 4.34 Å². The van der Waals surface area contributed by atoms with Crippen LogP contribution in [-0.2, 0) is 14.8 Å². The zero-order valence-corrected chi connectivity index (χ0v) is 9.45. The zero-order chi connectivity index (χ0) is 10.6. The van der Waals surface area contributed by atoms with E-state index < -0.39 is 10.0 Å². The molecule has 1 aromatic heterocycles. The molecule has 0 aromatic carbocycles. The minimum atomic E-state index is -3.49. The predicted molar refractivity (Wildman–Crippen MR) is 55.2 cm³/mol. The van der Waals surface area contributed by atoms with E-state index in [-0.39, 0.29) is 17.2 Å². The molecule has 7 heteroatoms. The van der Waals surface area contributed by atoms with Gasteiger partial charge < -0.3 is 4.79 Å². The summed E-state index contributed by atoms with van der Waals surface area (Å²) in [7, 11) is -3.49. The van der Waals surface area contributed by atoms with E-state index in [0.29, 0.717) is 10.6 Å². The first kappa shape index (κ1) is 11.6. The summed E-state index contributed by atoms with van der Waals surface area (Å²) < 4.78 is 25.8. The minimum Gasteiger partial charge on any atom is -0.303 e. The first-order valence-corrected chi connectivity index (χ1v) is 6.42. The van der Waals surface area contributed by atoms with Crippen molar-refractivity contribution in [3.63, 3.8) is 0 Å². The average molecular weight is 254 g/mol. The first-order valence-electron chi connectivity index (χ1n) is 3.75. The normalized spacial score (nSPS) is 11.5. The molecule has 0 amide bonds. The van der Waals surface area contributed by atoms with Crippen molar-refractivity contribution in [2.75, 3.05) is 6.54 Å². The number of halogens is 1. The fraction of sp³-hybridized carbons (Fsp3) is 0.286. The van der Waals surface area contributed by atoms with Crippen molar-refractivity contribution in [2.24, 2.45) is 0 Å². The van der Waals surface area contributed by atoms with Crippen LogP contribution in [0.4, 0.5) is 0 Å². The van der Waals surface area contributed by atoms with Crippen molar-refractivity contribution in [1.29, 1.82) is 0 Å². The Morgan fingerprint density at radius 2 is 2.21 bits per heavy atom. The molecule has 0 saturated carbocycles. The molecule has 0 unspecified atom stereocenters. The maximum absolute atomic E-state index is 11.4. The lowest BCUT2D eigenvalue weighted by Gasteiger charge is -2.00. The van der Waals surface area contributed by atoms with Crippen LogP contribution in [-0.4, -0.2) is 21.2 Å². The summed E-state index contributed by atoms with van der Waals surface area (Å²) in [5.41, 5.74) is 0. The Labute approximate surface area is 90.9 Å². The van der Waals surface area contributed by atoms with Crippen molar-refractivity contribution < 1.29 is 13.2 Å². The van der Waals surface area contributed by atoms with Gasteiger partial charge in [0.1, 0.15) is 10.5 Å². The average Bonchev–Trinajstić information content (AvgIpc) is 2.53. The molecule has 1 N–H and O–H groups in total. The Bertz CT molecular complexity index is 412. The largest absolute Gasteiger partial charge is 0.303 e. The molecule has 0 bridgehead atoms. The van der Waals surface area contributed by atoms with Crippen LogP contribution in [0, 0.1) is 0 Å². The fourth-order valence-corrected chi connectivity index (χ4v) is 3.34. The summed E-state index contributed by atoms with van der Waals surface area (Å²) in [6, 6.07) is 2.94. The van der Waals surface area contributed by atoms with Crippen molar-refractivity contribution in [3.05, 3.63) is 16.5 Å². The van der Waals surface area contributed by atoms with Crippen LogP contribution >= 0.6 is 22.9 Å². The van der Waals surface area contributed by atoms with Crippen LogP contribution in [0.1, 0.15) is 6.42 Å². The Morgan fingerprint density at radius 1 is 1.50 bits per heavy atom. The van der Waals surface area contributed by atoms with E-state index in [1.54, 1.807) is 0 Å². The standard InChI is InChI=1S/C7H8ClNO3S2/c8-6-2-3-7(13-6)14(11,12)9-4-1-5-10/h2-3,5,9H,1,4H2. The minimum absolute atomic E-state index is 0.112. The van der Waals surface area contributed by atoms with Gasteiger partial charge in [0, 0.05) is 13.0 Å². The van der Waals surface area contributed by atoms with E-state index in [1.807, 2.05) is 0 Å². The summed E-state index contributed by atoms with van der Waals surface area (Å²) in [6.45, 7) is 0.112. The second kappa shape index (κ2) is 4.88. The van der Waals surface area contributed by atoms with Crippen molar-refractivity contribution >= 4 is 39.2 Å². The SMILES string of the molecule is O=CCCNS(=O)(=O)c1ccc(Cl)s1. The highest BCUT2D eigenvalue weighted by Gasteiger charge is 2.15. The smallest absolute Gasteiger partial charge is 0.250 e. The molecule has 0 spiro atoms. The molecule has 0 aliphatic heterocycles. The quantitative estimate of drug-likeness (QED) is 0.635. The number of rotatable bonds is 5. The van der Waals surface area contributed by atoms with E-state index in [9.17, 15) is 13.2 Å². The first-order chi connectivity index (χ1) is 6.56. The highest BCUT2D eigenvalue weighted by atomic mass is 35.5. The second-order valence-corrected chi connectivity index (χ2v) is 6.12. The van der Waals surface area contributed by atoms with Crippen LogP contribution in [0.3, 0.4) is 0 Å². The van der Waals surface area contributed by atoms with Crippen molar-refractivity contribution in [3.8, 4) is 0 Å². The second-order valence-electron chi connectivity index (χ2n) is 2.41. The molecule has 1 heterocycles. The highest BCUT2D eigenvalue weighted by molar-refractivity contribution is 7.91. The molecule has 0 saturated heterocycles. The molecule has 4 nitrogen and oxygen atoms in total. The van der Waals surface area contributed by atoms with Crippen LogP contribution in [0.15, 0.2) is 16.3 Å². The molecule has 14 heavy (non-hydrogen) atoms. The summed E-state index contributed by atoms with van der Waals surface area (Å²) >= 11 is 6.58. The van der Waals surface area contributed by atoms with Crippen molar-refractivity contribution in [2.45, 2.75) is 10.6 Å². The van der Waals surface area contributed by atoms with E-state index in [1.165, 1.54) is 12.1 Å². The lowest BCUT2D eigenvalue weighted by atomic mass is 10.5. The molecule has 78 valence electrons. The molecular weight excluding hydrogens is 246 g/mol. The van der Waals surface area contributed by atoms with Gasteiger partial charge in [-0.1, -0.05) is 11.6 Å². The number of thiophene rings is 1. The molecule has 0 aliphatic carbocycles. The summed E-state index contributed by atoms with van der Waals surface area (Å²) in [4.78, 5) is 9.98. The van der Waals surface area contributed by atoms with Crippen LogP contribution < -0.4 is 4.72 Å². The number of carbonyl (C=O) groups is 1. The van der Waals surface area contributed by atoms with Gasteiger partial charge >= 0.3 is 0 Å². The number of carbonyl (C=O) groups excluding carboxylic acids is 1. The number of sulfonamides is 1. The Kier molecular flexibility index (Phi) is 4.06. The highest BCUT2D eigenvalue weighted by Crippen LogP contribution is 2.25. The Morgan fingerprint density at radius 3 is 2.71 bits per heavy atom. The third-order valence-electron chi connectivity index (χ3n) is 1.37. The number of nitrogens with one attached hydrogen (secondary N) is 1. The summed E-state index contributed by atoms with van der Waals surface area (Å²) in [5, 5.41) is 0. The van der Waals surface area contributed by atoms with Gasteiger partial charge in [-0.15, -0.1) is 11.3 Å². The van der Waals surface area contributed by atoms with Gasteiger partial charge in [0.15, 0.2) is 0 Å². The Balaban J connectivity index is 2.71. The van der Waals surface area contributed by atoms with Gasteiger partial charge in [-0.25, -0.2) is 13.1 Å². The molecular formula is C7H8ClNO3S2. The van der Waals surface area contributed by atoms with Crippen LogP contribution in [0.2, 0.25) is 4.34 Å². The summed E-state index contributed by atoms with van der Waals surface area (Å²) in [5.74, 6) is 0. The number of hydrogen-bond acceptors (Lipinski definition) is 4. The maximum Gasteiger partial charge on any atom is 0.250 e. The van der Waals surface area contributed by atoms with Gasteiger partial charge in [-0.3, -0.25) is 0 Å². The van der Waals surface area contributed by atoms with Gasteiger partial charge in [-0.2, -0.15) is 0 Å². The van der Waals surface area contributed by atoms with Crippen LogP contribution in [0.5, 0.6) is 0 Å². The number of hydrogen-bond donors (Lipinski definition) is 1. The molecule has 0 fully saturated rings. The topological polar surface area (TPSA) is 63.2 Å². The molecule has 0 aliphatic rings. The van der Waals surface area contributed by atoms with E-state index in [4.69, 9.17) is 11.6 Å². The van der Waals surface area contributed by atoms with Gasteiger partial charge in [0.25, 0.3) is 0 Å². The third kappa shape index (κ3) is 3.06. The van der Waals surface area contributed by atoms with Gasteiger partial charge in [0.2, 0.25) is 10.0 Å². The molecule has 0 radical (unpaired) electrons. The lowest BCUT2D eigenvalue weighted by molar-refractivity contribution is -0.107. The van der Waals surface area contributed by atoms with E-state index in [2.05, 4.69) is 4.72 Å². The summed E-state index contributed by atoms with van der Waals surface area (Å²) in [6.07, 6.45) is 0.822. The maximum atomic E-state index is 11.4. The Hall–Kier alpha value is -0.430. The predicted octanol–water partition coefficient (Wildman–Crippen LogP) is 1.27.